The van der Waals surface area contributed by atoms with E-state index in [1.807, 2.05) is 12.3 Å². The fourth-order valence-corrected chi connectivity index (χ4v) is 1.71. The third-order valence-electron chi connectivity index (χ3n) is 1.69. The average Bonchev–Trinajstić information content (AvgIpc) is 2.46. The first-order valence-corrected chi connectivity index (χ1v) is 5.98. The molecule has 2 heterocycles. The zero-order chi connectivity index (χ0) is 8.55. The van der Waals surface area contributed by atoms with Crippen molar-refractivity contribution in [1.29, 1.82) is 0 Å². The van der Waals surface area contributed by atoms with Gasteiger partial charge in [-0.3, -0.25) is 4.98 Å². The Morgan fingerprint density at radius 1 is 1.42 bits per heavy atom. The molecule has 0 fully saturated rings. The van der Waals surface area contributed by atoms with Crippen molar-refractivity contribution < 1.29 is 0 Å². The second-order valence-corrected chi connectivity index (χ2v) is 5.06. The second kappa shape index (κ2) is 2.79. The standard InChI is InChI=1S/C8H11N3S/c1-12(2)8-10-6-3-4-9-5-7(6)11-8/h3-5,12H,1-2H3,(H,10,11). The highest BCUT2D eigenvalue weighted by atomic mass is 32.2. The molecule has 0 saturated carbocycles. The van der Waals surface area contributed by atoms with E-state index in [9.17, 15) is 0 Å². The molecule has 0 radical (unpaired) electrons. The topological polar surface area (TPSA) is 41.6 Å². The Labute approximate surface area is 73.6 Å². The first kappa shape index (κ1) is 7.61. The molecule has 1 N–H and O–H groups in total. The van der Waals surface area contributed by atoms with E-state index in [4.69, 9.17) is 0 Å². The molecule has 4 heteroatoms. The summed E-state index contributed by atoms with van der Waals surface area (Å²) in [5.74, 6) is 0. The molecule has 0 unspecified atom stereocenters. The van der Waals surface area contributed by atoms with Crippen molar-refractivity contribution >= 4 is 21.9 Å². The van der Waals surface area contributed by atoms with Crippen LogP contribution >= 0.6 is 10.9 Å². The van der Waals surface area contributed by atoms with Gasteiger partial charge < -0.3 is 4.98 Å². The summed E-state index contributed by atoms with van der Waals surface area (Å²) < 4.78 is 0. The van der Waals surface area contributed by atoms with Gasteiger partial charge in [0.1, 0.15) is 5.16 Å². The summed E-state index contributed by atoms with van der Waals surface area (Å²) in [6, 6.07) is 1.92. The largest absolute Gasteiger partial charge is 0.333 e. The first-order valence-electron chi connectivity index (χ1n) is 3.74. The minimum absolute atomic E-state index is 0.137. The fourth-order valence-electron chi connectivity index (χ4n) is 1.06. The van der Waals surface area contributed by atoms with Crippen molar-refractivity contribution in [1.82, 2.24) is 15.0 Å². The smallest absolute Gasteiger partial charge is 0.145 e. The van der Waals surface area contributed by atoms with Crippen LogP contribution < -0.4 is 0 Å². The van der Waals surface area contributed by atoms with Crippen LogP contribution in [0.1, 0.15) is 0 Å². The molecule has 0 amide bonds. The predicted octanol–water partition coefficient (Wildman–Crippen LogP) is 1.58. The van der Waals surface area contributed by atoms with Crippen molar-refractivity contribution in [2.24, 2.45) is 0 Å². The summed E-state index contributed by atoms with van der Waals surface area (Å²) in [5.41, 5.74) is 2.04. The summed E-state index contributed by atoms with van der Waals surface area (Å²) in [6.07, 6.45) is 7.94. The van der Waals surface area contributed by atoms with Gasteiger partial charge in [-0.25, -0.2) is 15.9 Å². The highest BCUT2D eigenvalue weighted by Crippen LogP contribution is 2.26. The Balaban J connectivity index is 2.62. The lowest BCUT2D eigenvalue weighted by molar-refractivity contribution is 1.08. The van der Waals surface area contributed by atoms with Crippen LogP contribution in [0.4, 0.5) is 0 Å². The van der Waals surface area contributed by atoms with Gasteiger partial charge >= 0.3 is 0 Å². The quantitative estimate of drug-likeness (QED) is 0.656. The third-order valence-corrected chi connectivity index (χ3v) is 2.75. The number of fused-ring (bicyclic) bond motifs is 1. The van der Waals surface area contributed by atoms with E-state index >= 15 is 0 Å². The third kappa shape index (κ3) is 1.18. The lowest BCUT2D eigenvalue weighted by Gasteiger charge is -2.01. The normalized spacial score (nSPS) is 12.0. The van der Waals surface area contributed by atoms with Gasteiger partial charge in [0.05, 0.1) is 17.2 Å². The van der Waals surface area contributed by atoms with Crippen molar-refractivity contribution in [3.8, 4) is 0 Å². The van der Waals surface area contributed by atoms with Crippen molar-refractivity contribution in [2.75, 3.05) is 12.5 Å². The van der Waals surface area contributed by atoms with E-state index in [0.717, 1.165) is 16.2 Å². The fraction of sp³-hybridized carbons (Fsp3) is 0.250. The summed E-state index contributed by atoms with van der Waals surface area (Å²) in [6.45, 7) is 0. The SMILES string of the molecule is C[SH](C)c1nc2ccncc2[nH]1. The van der Waals surface area contributed by atoms with Gasteiger partial charge in [0.25, 0.3) is 0 Å². The number of hydrogen-bond donors (Lipinski definition) is 2. The lowest BCUT2D eigenvalue weighted by atomic mass is 10.4. The van der Waals surface area contributed by atoms with Gasteiger partial charge in [-0.15, -0.1) is 0 Å². The Kier molecular flexibility index (Phi) is 1.77. The van der Waals surface area contributed by atoms with Gasteiger partial charge in [0.15, 0.2) is 0 Å². The number of aromatic amines is 1. The van der Waals surface area contributed by atoms with Gasteiger partial charge in [-0.1, -0.05) is 0 Å². The molecule has 2 aromatic heterocycles. The zero-order valence-corrected chi connectivity index (χ0v) is 7.97. The number of H-pyrrole nitrogens is 1. The monoisotopic (exact) mass is 181 g/mol. The van der Waals surface area contributed by atoms with E-state index in [1.54, 1.807) is 6.20 Å². The van der Waals surface area contributed by atoms with E-state index in [0.29, 0.717) is 0 Å². The molecule has 12 heavy (non-hydrogen) atoms. The number of rotatable bonds is 1. The molecule has 0 aliphatic rings. The van der Waals surface area contributed by atoms with Gasteiger partial charge in [-0.2, -0.15) is 0 Å². The summed E-state index contributed by atoms with van der Waals surface area (Å²) in [4.78, 5) is 11.7. The van der Waals surface area contributed by atoms with Crippen LogP contribution in [0.2, 0.25) is 0 Å². The lowest BCUT2D eigenvalue weighted by Crippen LogP contribution is -1.78. The highest BCUT2D eigenvalue weighted by molar-refractivity contribution is 8.15. The van der Waals surface area contributed by atoms with Crippen LogP contribution in [0.5, 0.6) is 0 Å². The maximum absolute atomic E-state index is 4.45. The summed E-state index contributed by atoms with van der Waals surface area (Å²) >= 11 is 0. The number of imidazole rings is 1. The molecular weight excluding hydrogens is 170 g/mol. The molecule has 2 rings (SSSR count). The van der Waals surface area contributed by atoms with E-state index in [1.165, 1.54) is 0 Å². The van der Waals surface area contributed by atoms with Crippen LogP contribution in [0, 0.1) is 0 Å². The Hall–Kier alpha value is -1.03. The van der Waals surface area contributed by atoms with E-state index in [-0.39, 0.29) is 10.9 Å². The average molecular weight is 181 g/mol. The molecule has 0 atom stereocenters. The number of thiol groups is 1. The molecular formula is C8H11N3S. The van der Waals surface area contributed by atoms with Gasteiger partial charge in [0.2, 0.25) is 0 Å². The molecule has 0 spiro atoms. The van der Waals surface area contributed by atoms with E-state index < -0.39 is 0 Å². The zero-order valence-electron chi connectivity index (χ0n) is 7.07. The molecule has 64 valence electrons. The predicted molar refractivity (Wildman–Crippen MR) is 53.0 cm³/mol. The van der Waals surface area contributed by atoms with E-state index in [2.05, 4.69) is 27.5 Å². The van der Waals surface area contributed by atoms with Crippen LogP contribution in [0.15, 0.2) is 23.6 Å². The molecule has 0 aromatic carbocycles. The molecule has 0 aliphatic carbocycles. The number of nitrogens with zero attached hydrogens (tertiary/aromatic N) is 2. The Bertz CT molecular complexity index is 361. The first-order chi connectivity index (χ1) is 5.77. The number of pyridine rings is 1. The highest BCUT2D eigenvalue weighted by Gasteiger charge is 2.02. The van der Waals surface area contributed by atoms with Crippen LogP contribution in [-0.2, 0) is 0 Å². The minimum atomic E-state index is -0.137. The summed E-state index contributed by atoms with van der Waals surface area (Å²) in [5, 5.41) is 1.09. The van der Waals surface area contributed by atoms with Crippen molar-refractivity contribution in [2.45, 2.75) is 5.16 Å². The maximum Gasteiger partial charge on any atom is 0.145 e. The van der Waals surface area contributed by atoms with Gasteiger partial charge in [0, 0.05) is 6.20 Å². The molecule has 0 aliphatic heterocycles. The number of hydrogen-bond acceptors (Lipinski definition) is 2. The maximum atomic E-state index is 4.45. The van der Waals surface area contributed by atoms with Crippen molar-refractivity contribution in [3.05, 3.63) is 18.5 Å². The second-order valence-electron chi connectivity index (χ2n) is 2.85. The minimum Gasteiger partial charge on any atom is -0.333 e. The Morgan fingerprint density at radius 3 is 2.92 bits per heavy atom. The van der Waals surface area contributed by atoms with Crippen LogP contribution in [0.25, 0.3) is 11.0 Å². The Morgan fingerprint density at radius 2 is 2.25 bits per heavy atom. The molecule has 0 bridgehead atoms. The molecule has 0 saturated heterocycles. The van der Waals surface area contributed by atoms with Crippen LogP contribution in [0.3, 0.4) is 0 Å². The number of aromatic nitrogens is 3. The molecule has 2 aromatic rings. The van der Waals surface area contributed by atoms with Gasteiger partial charge in [-0.05, 0) is 18.6 Å². The molecule has 3 nitrogen and oxygen atoms in total. The summed E-state index contributed by atoms with van der Waals surface area (Å²) in [7, 11) is -0.137. The number of nitrogens with one attached hydrogen (secondary N) is 1. The van der Waals surface area contributed by atoms with Crippen LogP contribution in [-0.4, -0.2) is 27.5 Å². The van der Waals surface area contributed by atoms with Crippen molar-refractivity contribution in [3.63, 3.8) is 0 Å².